The number of nitrogens with zero attached hydrogens (tertiary/aromatic N) is 3. The lowest BCUT2D eigenvalue weighted by Crippen LogP contribution is -2.06. The van der Waals surface area contributed by atoms with Gasteiger partial charge in [-0.3, -0.25) is 4.79 Å². The molecule has 8 heteroatoms. The van der Waals surface area contributed by atoms with E-state index in [1.165, 1.54) is 13.1 Å². The van der Waals surface area contributed by atoms with Crippen LogP contribution >= 0.6 is 11.6 Å². The molecular formula is C17H15ClN6O. The molecule has 0 aliphatic heterocycles. The van der Waals surface area contributed by atoms with Crippen LogP contribution in [0.25, 0.3) is 0 Å². The Hall–Kier alpha value is -3.19. The second kappa shape index (κ2) is 7.59. The maximum absolute atomic E-state index is 11.1. The van der Waals surface area contributed by atoms with E-state index in [1.807, 2.05) is 24.3 Å². The van der Waals surface area contributed by atoms with Crippen molar-refractivity contribution in [3.05, 3.63) is 59.8 Å². The lowest BCUT2D eigenvalue weighted by molar-refractivity contribution is -0.114. The van der Waals surface area contributed by atoms with Gasteiger partial charge in [0.15, 0.2) is 5.82 Å². The molecule has 2 aromatic carbocycles. The van der Waals surface area contributed by atoms with Crippen LogP contribution in [-0.2, 0) is 4.79 Å². The maximum Gasteiger partial charge on any atom is 0.249 e. The zero-order chi connectivity index (χ0) is 17.6. The summed E-state index contributed by atoms with van der Waals surface area (Å²) in [6.45, 7) is 1.46. The Morgan fingerprint density at radius 1 is 1.00 bits per heavy atom. The van der Waals surface area contributed by atoms with E-state index in [4.69, 9.17) is 11.6 Å². The van der Waals surface area contributed by atoms with Gasteiger partial charge in [0.25, 0.3) is 0 Å². The SMILES string of the molecule is CC(=O)Nc1cccc(Nc2cnnc(Nc3ccc(Cl)cc3)n2)c1. The van der Waals surface area contributed by atoms with Crippen LogP contribution in [0.15, 0.2) is 54.7 Å². The minimum atomic E-state index is -0.129. The Morgan fingerprint density at radius 2 is 1.76 bits per heavy atom. The topological polar surface area (TPSA) is 91.8 Å². The monoisotopic (exact) mass is 354 g/mol. The van der Waals surface area contributed by atoms with Crippen molar-refractivity contribution in [2.45, 2.75) is 6.92 Å². The van der Waals surface area contributed by atoms with E-state index < -0.39 is 0 Å². The van der Waals surface area contributed by atoms with Crippen molar-refractivity contribution in [3.63, 3.8) is 0 Å². The number of amides is 1. The van der Waals surface area contributed by atoms with Crippen molar-refractivity contribution < 1.29 is 4.79 Å². The highest BCUT2D eigenvalue weighted by molar-refractivity contribution is 6.30. The number of carbonyl (C=O) groups is 1. The van der Waals surface area contributed by atoms with E-state index in [9.17, 15) is 4.79 Å². The number of hydrogen-bond donors (Lipinski definition) is 3. The third-order valence-electron chi connectivity index (χ3n) is 3.11. The first-order chi connectivity index (χ1) is 12.1. The van der Waals surface area contributed by atoms with Crippen molar-refractivity contribution in [2.75, 3.05) is 16.0 Å². The zero-order valence-corrected chi connectivity index (χ0v) is 14.1. The summed E-state index contributed by atoms with van der Waals surface area (Å²) in [6, 6.07) is 14.5. The molecule has 3 rings (SSSR count). The van der Waals surface area contributed by atoms with Crippen LogP contribution < -0.4 is 16.0 Å². The van der Waals surface area contributed by atoms with Gasteiger partial charge in [-0.05, 0) is 42.5 Å². The van der Waals surface area contributed by atoms with Crippen molar-refractivity contribution in [3.8, 4) is 0 Å². The van der Waals surface area contributed by atoms with Gasteiger partial charge in [-0.2, -0.15) is 10.1 Å². The van der Waals surface area contributed by atoms with Crippen LogP contribution in [0.3, 0.4) is 0 Å². The van der Waals surface area contributed by atoms with Gasteiger partial charge in [-0.1, -0.05) is 17.7 Å². The first-order valence-corrected chi connectivity index (χ1v) is 7.83. The summed E-state index contributed by atoms with van der Waals surface area (Å²) < 4.78 is 0. The summed E-state index contributed by atoms with van der Waals surface area (Å²) in [7, 11) is 0. The molecule has 0 fully saturated rings. The molecule has 126 valence electrons. The lowest BCUT2D eigenvalue weighted by Gasteiger charge is -2.09. The summed E-state index contributed by atoms with van der Waals surface area (Å²) in [5, 5.41) is 17.4. The van der Waals surface area contributed by atoms with Crippen molar-refractivity contribution >= 4 is 46.3 Å². The van der Waals surface area contributed by atoms with Gasteiger partial charge in [0.1, 0.15) is 0 Å². The molecule has 0 saturated carbocycles. The van der Waals surface area contributed by atoms with E-state index in [2.05, 4.69) is 31.1 Å². The molecule has 3 aromatic rings. The molecule has 0 spiro atoms. The van der Waals surface area contributed by atoms with Gasteiger partial charge < -0.3 is 16.0 Å². The molecule has 1 heterocycles. The summed E-state index contributed by atoms with van der Waals surface area (Å²) >= 11 is 5.87. The van der Waals surface area contributed by atoms with Gasteiger partial charge in [-0.15, -0.1) is 5.10 Å². The number of aromatic nitrogens is 3. The molecule has 0 aliphatic rings. The Bertz CT molecular complexity index is 884. The number of hydrogen-bond acceptors (Lipinski definition) is 6. The highest BCUT2D eigenvalue weighted by atomic mass is 35.5. The molecule has 3 N–H and O–H groups in total. The Labute approximate surface area is 149 Å². The third-order valence-corrected chi connectivity index (χ3v) is 3.37. The quantitative estimate of drug-likeness (QED) is 0.642. The second-order valence-electron chi connectivity index (χ2n) is 5.18. The Morgan fingerprint density at radius 3 is 2.52 bits per heavy atom. The number of halogens is 1. The van der Waals surface area contributed by atoms with Crippen LogP contribution in [0.5, 0.6) is 0 Å². The van der Waals surface area contributed by atoms with Crippen molar-refractivity contribution in [1.29, 1.82) is 0 Å². The van der Waals surface area contributed by atoms with Crippen LogP contribution in [-0.4, -0.2) is 21.1 Å². The molecule has 0 aliphatic carbocycles. The fourth-order valence-corrected chi connectivity index (χ4v) is 2.23. The Balaban J connectivity index is 1.73. The molecule has 0 radical (unpaired) electrons. The minimum absolute atomic E-state index is 0.129. The zero-order valence-electron chi connectivity index (χ0n) is 13.3. The summed E-state index contributed by atoms with van der Waals surface area (Å²) in [5.41, 5.74) is 2.26. The van der Waals surface area contributed by atoms with Gasteiger partial charge in [0, 0.05) is 29.0 Å². The van der Waals surface area contributed by atoms with Crippen molar-refractivity contribution in [1.82, 2.24) is 15.2 Å². The molecule has 0 atom stereocenters. The number of nitrogens with one attached hydrogen (secondary N) is 3. The fraction of sp³-hybridized carbons (Fsp3) is 0.0588. The van der Waals surface area contributed by atoms with Gasteiger partial charge in [0.05, 0.1) is 6.20 Å². The molecule has 0 saturated heterocycles. The first-order valence-electron chi connectivity index (χ1n) is 7.45. The lowest BCUT2D eigenvalue weighted by atomic mass is 10.2. The highest BCUT2D eigenvalue weighted by Gasteiger charge is 2.03. The predicted octanol–water partition coefficient (Wildman–Crippen LogP) is 3.97. The minimum Gasteiger partial charge on any atom is -0.339 e. The number of anilines is 5. The van der Waals surface area contributed by atoms with Crippen LogP contribution in [0.4, 0.5) is 28.8 Å². The van der Waals surface area contributed by atoms with Crippen LogP contribution in [0, 0.1) is 0 Å². The summed E-state index contributed by atoms with van der Waals surface area (Å²) in [6.07, 6.45) is 1.51. The normalized spacial score (nSPS) is 10.2. The van der Waals surface area contributed by atoms with Crippen LogP contribution in [0.1, 0.15) is 6.92 Å². The molecular weight excluding hydrogens is 340 g/mol. The smallest absolute Gasteiger partial charge is 0.249 e. The van der Waals surface area contributed by atoms with Crippen molar-refractivity contribution in [2.24, 2.45) is 0 Å². The second-order valence-corrected chi connectivity index (χ2v) is 5.62. The molecule has 7 nitrogen and oxygen atoms in total. The standard InChI is InChI=1S/C17H15ClN6O/c1-11(25)20-14-3-2-4-15(9-14)21-16-10-19-24-17(23-16)22-13-7-5-12(18)6-8-13/h2-10H,1H3,(H,20,25)(H2,21,22,23,24). The largest absolute Gasteiger partial charge is 0.339 e. The Kier molecular flexibility index (Phi) is 5.06. The van der Waals surface area contributed by atoms with E-state index >= 15 is 0 Å². The van der Waals surface area contributed by atoms with E-state index in [1.54, 1.807) is 24.3 Å². The summed E-state index contributed by atoms with van der Waals surface area (Å²) in [4.78, 5) is 15.5. The average Bonchev–Trinajstić information content (AvgIpc) is 2.57. The highest BCUT2D eigenvalue weighted by Crippen LogP contribution is 2.20. The number of rotatable bonds is 5. The molecule has 1 aromatic heterocycles. The average molecular weight is 355 g/mol. The van der Waals surface area contributed by atoms with Gasteiger partial charge >= 0.3 is 0 Å². The molecule has 0 bridgehead atoms. The molecule has 0 unspecified atom stereocenters. The van der Waals surface area contributed by atoms with Gasteiger partial charge in [0.2, 0.25) is 11.9 Å². The van der Waals surface area contributed by atoms with Gasteiger partial charge in [-0.25, -0.2) is 0 Å². The number of carbonyl (C=O) groups excluding carboxylic acids is 1. The maximum atomic E-state index is 11.1. The van der Waals surface area contributed by atoms with E-state index in [-0.39, 0.29) is 5.91 Å². The summed E-state index contributed by atoms with van der Waals surface area (Å²) in [5.74, 6) is 0.743. The number of benzene rings is 2. The first kappa shape index (κ1) is 16.7. The fourth-order valence-electron chi connectivity index (χ4n) is 2.10. The third kappa shape index (κ3) is 4.89. The van der Waals surface area contributed by atoms with Crippen LogP contribution in [0.2, 0.25) is 5.02 Å². The van der Waals surface area contributed by atoms with E-state index in [0.717, 1.165) is 11.4 Å². The molecule has 25 heavy (non-hydrogen) atoms. The van der Waals surface area contributed by atoms with E-state index in [0.29, 0.717) is 22.5 Å². The predicted molar refractivity (Wildman–Crippen MR) is 98.6 cm³/mol. The molecule has 1 amide bonds.